The van der Waals surface area contributed by atoms with Gasteiger partial charge in [0.25, 0.3) is 0 Å². The fourth-order valence-corrected chi connectivity index (χ4v) is 1.68. The molecule has 1 aliphatic heterocycles. The van der Waals surface area contributed by atoms with Crippen LogP contribution in [0.3, 0.4) is 0 Å². The highest BCUT2D eigenvalue weighted by Crippen LogP contribution is 2.23. The first-order valence-corrected chi connectivity index (χ1v) is 6.59. The van der Waals surface area contributed by atoms with Crippen molar-refractivity contribution in [2.45, 2.75) is 51.9 Å². The summed E-state index contributed by atoms with van der Waals surface area (Å²) in [5, 5.41) is 0. The maximum absolute atomic E-state index is 11.6. The van der Waals surface area contributed by atoms with Crippen molar-refractivity contribution in [2.24, 2.45) is 0 Å². The number of hydrogen-bond donors (Lipinski definition) is 0. The molecule has 1 aliphatic rings. The molecule has 0 aliphatic carbocycles. The molecule has 0 N–H and O–H groups in total. The zero-order chi connectivity index (χ0) is 14.3. The summed E-state index contributed by atoms with van der Waals surface area (Å²) >= 11 is 0. The van der Waals surface area contributed by atoms with E-state index in [0.29, 0.717) is 12.2 Å². The molecular weight excluding hydrogens is 244 g/mol. The molecular formula is C15H22O4. The van der Waals surface area contributed by atoms with Gasteiger partial charge in [0.05, 0.1) is 13.7 Å². The van der Waals surface area contributed by atoms with Crippen molar-refractivity contribution in [3.63, 3.8) is 0 Å². The largest absolute Gasteiger partial charge is 0.465 e. The summed E-state index contributed by atoms with van der Waals surface area (Å²) in [4.78, 5) is 11.6. The summed E-state index contributed by atoms with van der Waals surface area (Å²) in [6.07, 6.45) is 4.30. The Balaban J connectivity index is 2.73. The Kier molecular flexibility index (Phi) is 6.07. The zero-order valence-corrected chi connectivity index (χ0v) is 12.1. The van der Waals surface area contributed by atoms with E-state index in [1.165, 1.54) is 7.11 Å². The number of carbonyl (C=O) groups excluding carboxylic acids is 1. The van der Waals surface area contributed by atoms with Crippen LogP contribution in [0.2, 0.25) is 0 Å². The Morgan fingerprint density at radius 2 is 2.26 bits per heavy atom. The lowest BCUT2D eigenvalue weighted by molar-refractivity contribution is -0.137. The molecule has 0 aromatic heterocycles. The zero-order valence-electron chi connectivity index (χ0n) is 12.1. The minimum absolute atomic E-state index is 0.260. The smallest absolute Gasteiger partial charge is 0.346 e. The van der Waals surface area contributed by atoms with Gasteiger partial charge in [0.15, 0.2) is 5.79 Å². The van der Waals surface area contributed by atoms with E-state index in [2.05, 4.69) is 18.8 Å². The third-order valence-corrected chi connectivity index (χ3v) is 2.67. The molecule has 19 heavy (non-hydrogen) atoms. The molecule has 106 valence electrons. The Labute approximate surface area is 115 Å². The number of methoxy groups -OCH3 is 1. The van der Waals surface area contributed by atoms with Gasteiger partial charge < -0.3 is 14.2 Å². The van der Waals surface area contributed by atoms with Crippen molar-refractivity contribution in [3.05, 3.63) is 11.6 Å². The summed E-state index contributed by atoms with van der Waals surface area (Å²) in [5.41, 5.74) is 0.338. The Morgan fingerprint density at radius 1 is 1.53 bits per heavy atom. The van der Waals surface area contributed by atoms with Crippen LogP contribution in [0.25, 0.3) is 0 Å². The monoisotopic (exact) mass is 266 g/mol. The molecule has 0 radical (unpaired) electrons. The number of hydrogen-bond acceptors (Lipinski definition) is 4. The van der Waals surface area contributed by atoms with Crippen molar-refractivity contribution in [2.75, 3.05) is 13.7 Å². The SMILES string of the molecule is CCCCC#C/C(=C/[C@H]1COC(C)(C)O1)C(=O)OC. The number of ether oxygens (including phenoxy) is 3. The first-order chi connectivity index (χ1) is 8.98. The summed E-state index contributed by atoms with van der Waals surface area (Å²) in [5.74, 6) is 4.80. The lowest BCUT2D eigenvalue weighted by Crippen LogP contribution is -2.21. The van der Waals surface area contributed by atoms with E-state index in [4.69, 9.17) is 14.2 Å². The van der Waals surface area contributed by atoms with E-state index in [-0.39, 0.29) is 6.10 Å². The van der Waals surface area contributed by atoms with E-state index < -0.39 is 11.8 Å². The molecule has 1 fully saturated rings. The Bertz CT molecular complexity index is 398. The van der Waals surface area contributed by atoms with Crippen LogP contribution in [0.4, 0.5) is 0 Å². The molecule has 0 unspecified atom stereocenters. The molecule has 1 saturated heterocycles. The highest BCUT2D eigenvalue weighted by molar-refractivity contribution is 5.93. The van der Waals surface area contributed by atoms with Gasteiger partial charge in [-0.1, -0.05) is 25.2 Å². The van der Waals surface area contributed by atoms with Crippen LogP contribution in [0.5, 0.6) is 0 Å². The van der Waals surface area contributed by atoms with Gasteiger partial charge in [0, 0.05) is 6.42 Å². The average molecular weight is 266 g/mol. The van der Waals surface area contributed by atoms with Gasteiger partial charge in [-0.05, 0) is 26.3 Å². The van der Waals surface area contributed by atoms with Crippen LogP contribution in [-0.4, -0.2) is 31.6 Å². The Morgan fingerprint density at radius 3 is 2.79 bits per heavy atom. The van der Waals surface area contributed by atoms with Crippen molar-refractivity contribution in [3.8, 4) is 11.8 Å². The number of rotatable bonds is 4. The number of carbonyl (C=O) groups is 1. The average Bonchev–Trinajstić information content (AvgIpc) is 2.71. The van der Waals surface area contributed by atoms with Gasteiger partial charge in [-0.25, -0.2) is 4.79 Å². The van der Waals surface area contributed by atoms with Crippen molar-refractivity contribution < 1.29 is 19.0 Å². The first kappa shape index (κ1) is 15.7. The molecule has 1 heterocycles. The van der Waals surface area contributed by atoms with E-state index in [1.807, 2.05) is 13.8 Å². The Hall–Kier alpha value is -1.31. The van der Waals surface area contributed by atoms with Gasteiger partial charge >= 0.3 is 5.97 Å². The topological polar surface area (TPSA) is 44.8 Å². The third kappa shape index (κ3) is 5.46. The fraction of sp³-hybridized carbons (Fsp3) is 0.667. The first-order valence-electron chi connectivity index (χ1n) is 6.59. The van der Waals surface area contributed by atoms with Crippen LogP contribution in [0, 0.1) is 11.8 Å². The quantitative estimate of drug-likeness (QED) is 0.339. The molecule has 0 aromatic carbocycles. The maximum atomic E-state index is 11.6. The molecule has 0 amide bonds. The summed E-state index contributed by atoms with van der Waals surface area (Å²) < 4.78 is 15.8. The minimum Gasteiger partial charge on any atom is -0.465 e. The van der Waals surface area contributed by atoms with Crippen molar-refractivity contribution in [1.82, 2.24) is 0 Å². The standard InChI is InChI=1S/C15H22O4/c1-5-6-7-8-9-12(14(16)17-4)10-13-11-18-15(2,3)19-13/h10,13H,5-7,11H2,1-4H3/b12-10-/t13-/m0/s1. The molecule has 1 atom stereocenters. The van der Waals surface area contributed by atoms with Gasteiger partial charge in [-0.2, -0.15) is 0 Å². The molecule has 0 spiro atoms. The third-order valence-electron chi connectivity index (χ3n) is 2.67. The second-order valence-corrected chi connectivity index (χ2v) is 4.84. The summed E-state index contributed by atoms with van der Waals surface area (Å²) in [6.45, 7) is 6.20. The minimum atomic E-state index is -0.613. The summed E-state index contributed by atoms with van der Waals surface area (Å²) in [7, 11) is 1.35. The lowest BCUT2D eigenvalue weighted by Gasteiger charge is -2.15. The normalized spacial score (nSPS) is 21.7. The van der Waals surface area contributed by atoms with Crippen LogP contribution in [0.15, 0.2) is 11.6 Å². The second-order valence-electron chi connectivity index (χ2n) is 4.84. The highest BCUT2D eigenvalue weighted by Gasteiger charge is 2.32. The van der Waals surface area contributed by atoms with Gasteiger partial charge in [0.2, 0.25) is 0 Å². The predicted molar refractivity (Wildman–Crippen MR) is 72.3 cm³/mol. The van der Waals surface area contributed by atoms with Gasteiger partial charge in [-0.15, -0.1) is 0 Å². The molecule has 4 nitrogen and oxygen atoms in total. The molecule has 0 saturated carbocycles. The molecule has 4 heteroatoms. The number of unbranched alkanes of at least 4 members (excludes halogenated alkanes) is 2. The molecule has 1 rings (SSSR count). The van der Waals surface area contributed by atoms with Crippen molar-refractivity contribution in [1.29, 1.82) is 0 Å². The van der Waals surface area contributed by atoms with E-state index in [1.54, 1.807) is 6.08 Å². The van der Waals surface area contributed by atoms with Crippen LogP contribution in [0.1, 0.15) is 40.0 Å². The van der Waals surface area contributed by atoms with Crippen molar-refractivity contribution >= 4 is 5.97 Å². The van der Waals surface area contributed by atoms with Crippen LogP contribution in [-0.2, 0) is 19.0 Å². The highest BCUT2D eigenvalue weighted by atomic mass is 16.7. The van der Waals surface area contributed by atoms with Crippen LogP contribution < -0.4 is 0 Å². The predicted octanol–water partition coefficient (Wildman–Crippen LogP) is 2.43. The lowest BCUT2D eigenvalue weighted by atomic mass is 10.2. The van der Waals surface area contributed by atoms with Crippen LogP contribution >= 0.6 is 0 Å². The van der Waals surface area contributed by atoms with Gasteiger partial charge in [-0.3, -0.25) is 0 Å². The summed E-state index contributed by atoms with van der Waals surface area (Å²) in [6, 6.07) is 0. The molecule has 0 bridgehead atoms. The van der Waals surface area contributed by atoms with E-state index in [0.717, 1.165) is 19.3 Å². The molecule has 0 aromatic rings. The van der Waals surface area contributed by atoms with E-state index in [9.17, 15) is 4.79 Å². The number of esters is 1. The maximum Gasteiger partial charge on any atom is 0.346 e. The second kappa shape index (κ2) is 7.32. The van der Waals surface area contributed by atoms with Gasteiger partial charge in [0.1, 0.15) is 11.7 Å². The van der Waals surface area contributed by atoms with E-state index >= 15 is 0 Å². The fourth-order valence-electron chi connectivity index (χ4n) is 1.68.